The topological polar surface area (TPSA) is 96.7 Å². The van der Waals surface area contributed by atoms with Crippen LogP contribution in [0, 0.1) is 17.0 Å². The lowest BCUT2D eigenvalue weighted by atomic mass is 10.0. The molecule has 0 aliphatic carbocycles. The summed E-state index contributed by atoms with van der Waals surface area (Å²) >= 11 is 0. The minimum atomic E-state index is -4.83. The van der Waals surface area contributed by atoms with E-state index < -0.39 is 22.4 Å². The Morgan fingerprint density at radius 2 is 1.84 bits per heavy atom. The maximum absolute atomic E-state index is 13.5. The number of benzene rings is 2. The van der Waals surface area contributed by atoms with Gasteiger partial charge in [-0.3, -0.25) is 10.1 Å². The Morgan fingerprint density at radius 3 is 2.54 bits per heavy atom. The van der Waals surface area contributed by atoms with Gasteiger partial charge in [0.05, 0.1) is 30.4 Å². The molecule has 0 atom stereocenters. The lowest BCUT2D eigenvalue weighted by Crippen LogP contribution is -2.36. The van der Waals surface area contributed by atoms with E-state index in [9.17, 15) is 23.3 Å². The Morgan fingerprint density at radius 1 is 1.05 bits per heavy atom. The standard InChI is InChI=1S/C25H25F3N6O3/c1-16-12-17(2-4-22(16)32-8-10-37-11-9-32)31-24-19-6-7-33(14-21(19)29-15-30-24)18-3-5-23(34(35)36)20(13-18)25(26,27)28/h2-5,12-13,15H,6-11,14H2,1H3,(H,29,30,31). The number of rotatable bonds is 5. The molecule has 2 aliphatic heterocycles. The highest BCUT2D eigenvalue weighted by atomic mass is 19.4. The molecule has 0 spiro atoms. The predicted molar refractivity (Wildman–Crippen MR) is 132 cm³/mol. The highest BCUT2D eigenvalue weighted by molar-refractivity contribution is 5.67. The van der Waals surface area contributed by atoms with Crippen molar-refractivity contribution < 1.29 is 22.8 Å². The molecule has 3 aromatic rings. The molecule has 0 radical (unpaired) electrons. The van der Waals surface area contributed by atoms with Crippen molar-refractivity contribution in [2.75, 3.05) is 48.0 Å². The van der Waals surface area contributed by atoms with Gasteiger partial charge in [-0.05, 0) is 49.2 Å². The normalized spacial score (nSPS) is 15.9. The number of fused-ring (bicyclic) bond motifs is 1. The zero-order valence-electron chi connectivity index (χ0n) is 20.1. The van der Waals surface area contributed by atoms with Gasteiger partial charge in [-0.2, -0.15) is 13.2 Å². The van der Waals surface area contributed by atoms with Crippen LogP contribution in [0.4, 0.5) is 41.7 Å². The molecule has 1 fully saturated rings. The lowest BCUT2D eigenvalue weighted by molar-refractivity contribution is -0.388. The van der Waals surface area contributed by atoms with E-state index in [1.165, 1.54) is 12.4 Å². The Bertz CT molecular complexity index is 1330. The number of nitrogens with one attached hydrogen (secondary N) is 1. The van der Waals surface area contributed by atoms with Gasteiger partial charge in [-0.1, -0.05) is 0 Å². The highest BCUT2D eigenvalue weighted by Gasteiger charge is 2.39. The summed E-state index contributed by atoms with van der Waals surface area (Å²) in [6.45, 7) is 5.85. The van der Waals surface area contributed by atoms with Crippen LogP contribution in [0.1, 0.15) is 22.4 Å². The number of anilines is 4. The number of morpholine rings is 1. The van der Waals surface area contributed by atoms with E-state index >= 15 is 0 Å². The fourth-order valence-electron chi connectivity index (χ4n) is 4.82. The number of alkyl halides is 3. The largest absolute Gasteiger partial charge is 0.423 e. The van der Waals surface area contributed by atoms with Crippen LogP contribution >= 0.6 is 0 Å². The van der Waals surface area contributed by atoms with Crippen LogP contribution in [0.2, 0.25) is 0 Å². The van der Waals surface area contributed by atoms with Crippen LogP contribution in [-0.2, 0) is 23.9 Å². The zero-order chi connectivity index (χ0) is 26.2. The molecule has 0 unspecified atom stereocenters. The summed E-state index contributed by atoms with van der Waals surface area (Å²) in [5.41, 5.74) is 2.78. The van der Waals surface area contributed by atoms with Crippen molar-refractivity contribution in [3.63, 3.8) is 0 Å². The average Bonchev–Trinajstić information content (AvgIpc) is 2.88. The number of hydrogen-bond acceptors (Lipinski definition) is 8. The Balaban J connectivity index is 1.36. The zero-order valence-corrected chi connectivity index (χ0v) is 20.1. The third-order valence-electron chi connectivity index (χ3n) is 6.67. The molecule has 0 bridgehead atoms. The number of hydrogen-bond donors (Lipinski definition) is 1. The fraction of sp³-hybridized carbons (Fsp3) is 0.360. The number of aromatic nitrogens is 2. The van der Waals surface area contributed by atoms with Gasteiger partial charge in [0, 0.05) is 48.3 Å². The number of nitro groups is 1. The number of ether oxygens (including phenoxy) is 1. The van der Waals surface area contributed by atoms with Crippen LogP contribution in [0.5, 0.6) is 0 Å². The maximum atomic E-state index is 13.5. The van der Waals surface area contributed by atoms with Gasteiger partial charge < -0.3 is 19.9 Å². The predicted octanol–water partition coefficient (Wildman–Crippen LogP) is 4.85. The molecule has 194 valence electrons. The highest BCUT2D eigenvalue weighted by Crippen LogP contribution is 2.39. The van der Waals surface area contributed by atoms with Gasteiger partial charge in [-0.15, -0.1) is 0 Å². The van der Waals surface area contributed by atoms with Crippen molar-refractivity contribution >= 4 is 28.6 Å². The molecule has 1 saturated heterocycles. The molecule has 5 rings (SSSR count). The van der Waals surface area contributed by atoms with E-state index in [2.05, 4.69) is 39.2 Å². The molecule has 0 amide bonds. The molecule has 1 N–H and O–H groups in total. The summed E-state index contributed by atoms with van der Waals surface area (Å²) in [5.74, 6) is 0.655. The van der Waals surface area contributed by atoms with E-state index in [0.717, 1.165) is 47.7 Å². The van der Waals surface area contributed by atoms with E-state index in [4.69, 9.17) is 4.74 Å². The van der Waals surface area contributed by atoms with Crippen LogP contribution in [0.25, 0.3) is 0 Å². The molecule has 9 nitrogen and oxygen atoms in total. The molecule has 3 heterocycles. The fourth-order valence-corrected chi connectivity index (χ4v) is 4.82. The molecule has 37 heavy (non-hydrogen) atoms. The molecule has 1 aromatic heterocycles. The third kappa shape index (κ3) is 5.15. The summed E-state index contributed by atoms with van der Waals surface area (Å²) in [4.78, 5) is 22.9. The first-order chi connectivity index (χ1) is 17.7. The smallest absolute Gasteiger partial charge is 0.378 e. The molecule has 12 heteroatoms. The molecule has 0 saturated carbocycles. The summed E-state index contributed by atoms with van der Waals surface area (Å²) in [7, 11) is 0. The van der Waals surface area contributed by atoms with Gasteiger partial charge >= 0.3 is 6.18 Å². The van der Waals surface area contributed by atoms with Crippen molar-refractivity contribution in [2.45, 2.75) is 26.1 Å². The van der Waals surface area contributed by atoms with Crippen molar-refractivity contribution in [3.8, 4) is 0 Å². The second-order valence-electron chi connectivity index (χ2n) is 9.00. The number of aryl methyl sites for hydroxylation is 1. The first kappa shape index (κ1) is 24.8. The van der Waals surface area contributed by atoms with Crippen molar-refractivity contribution in [2.24, 2.45) is 0 Å². The molecule has 2 aliphatic rings. The van der Waals surface area contributed by atoms with E-state index in [-0.39, 0.29) is 12.2 Å². The summed E-state index contributed by atoms with van der Waals surface area (Å²) < 4.78 is 45.8. The molecule has 2 aromatic carbocycles. The third-order valence-corrected chi connectivity index (χ3v) is 6.67. The van der Waals surface area contributed by atoms with Crippen LogP contribution in [-0.4, -0.2) is 47.7 Å². The second kappa shape index (κ2) is 9.85. The van der Waals surface area contributed by atoms with E-state index in [1.807, 2.05) is 6.07 Å². The number of nitrogens with zero attached hydrogens (tertiary/aromatic N) is 5. The molecular weight excluding hydrogens is 489 g/mol. The monoisotopic (exact) mass is 514 g/mol. The Hall–Kier alpha value is -3.93. The lowest BCUT2D eigenvalue weighted by Gasteiger charge is -2.31. The van der Waals surface area contributed by atoms with Gasteiger partial charge in [-0.25, -0.2) is 9.97 Å². The van der Waals surface area contributed by atoms with E-state index in [1.54, 1.807) is 4.90 Å². The first-order valence-corrected chi connectivity index (χ1v) is 11.8. The maximum Gasteiger partial charge on any atom is 0.423 e. The van der Waals surface area contributed by atoms with Gasteiger partial charge in [0.2, 0.25) is 0 Å². The van der Waals surface area contributed by atoms with Crippen molar-refractivity contribution in [1.29, 1.82) is 0 Å². The van der Waals surface area contributed by atoms with Gasteiger partial charge in [0.25, 0.3) is 5.69 Å². The quantitative estimate of drug-likeness (QED) is 0.381. The van der Waals surface area contributed by atoms with E-state index in [0.29, 0.717) is 37.7 Å². The first-order valence-electron chi connectivity index (χ1n) is 11.8. The Labute approximate surface area is 211 Å². The second-order valence-corrected chi connectivity index (χ2v) is 9.00. The van der Waals surface area contributed by atoms with Crippen LogP contribution in [0.15, 0.2) is 42.7 Å². The number of halogens is 3. The molecular formula is C25H25F3N6O3. The number of nitro benzene ring substituents is 1. The van der Waals surface area contributed by atoms with Crippen LogP contribution in [0.3, 0.4) is 0 Å². The van der Waals surface area contributed by atoms with Gasteiger partial charge in [0.15, 0.2) is 0 Å². The average molecular weight is 515 g/mol. The SMILES string of the molecule is Cc1cc(Nc2ncnc3c2CCN(c2ccc([N+](=O)[O-])c(C(F)(F)F)c2)C3)ccc1N1CCOCC1. The van der Waals surface area contributed by atoms with Crippen molar-refractivity contribution in [1.82, 2.24) is 9.97 Å². The van der Waals surface area contributed by atoms with Crippen molar-refractivity contribution in [3.05, 3.63) is 75.2 Å². The Kier molecular flexibility index (Phi) is 6.59. The summed E-state index contributed by atoms with van der Waals surface area (Å²) in [6, 6.07) is 9.22. The van der Waals surface area contributed by atoms with Crippen LogP contribution < -0.4 is 15.1 Å². The summed E-state index contributed by atoms with van der Waals surface area (Å²) in [5, 5.41) is 14.5. The minimum Gasteiger partial charge on any atom is -0.378 e. The minimum absolute atomic E-state index is 0.256. The summed E-state index contributed by atoms with van der Waals surface area (Å²) in [6.07, 6.45) is -2.90. The van der Waals surface area contributed by atoms with Gasteiger partial charge in [0.1, 0.15) is 17.7 Å².